The number of methoxy groups -OCH3 is 1. The van der Waals surface area contributed by atoms with Gasteiger partial charge < -0.3 is 20.1 Å². The van der Waals surface area contributed by atoms with E-state index in [1.54, 1.807) is 7.11 Å². The predicted octanol–water partition coefficient (Wildman–Crippen LogP) is 2.64. The lowest BCUT2D eigenvalue weighted by Gasteiger charge is -2.59. The minimum atomic E-state index is -1.53. The van der Waals surface area contributed by atoms with Crippen molar-refractivity contribution in [2.75, 3.05) is 13.7 Å². The van der Waals surface area contributed by atoms with E-state index in [2.05, 4.69) is 19.9 Å². The summed E-state index contributed by atoms with van der Waals surface area (Å²) < 4.78 is 5.52. The average molecular weight is 348 g/mol. The molecule has 7 atom stereocenters. The zero-order chi connectivity index (χ0) is 18.0. The molecule has 3 N–H and O–H groups in total. The van der Waals surface area contributed by atoms with E-state index in [1.807, 2.05) is 12.2 Å². The van der Waals surface area contributed by atoms with Crippen LogP contribution in [0.4, 0.5) is 0 Å². The van der Waals surface area contributed by atoms with Gasteiger partial charge in [-0.1, -0.05) is 37.6 Å². The third-order valence-corrected chi connectivity index (χ3v) is 8.29. The van der Waals surface area contributed by atoms with Crippen molar-refractivity contribution in [3.63, 3.8) is 0 Å². The van der Waals surface area contributed by atoms with E-state index in [0.717, 1.165) is 25.7 Å². The first-order chi connectivity index (χ1) is 11.7. The maximum atomic E-state index is 10.6. The van der Waals surface area contributed by atoms with Crippen LogP contribution in [-0.4, -0.2) is 40.9 Å². The SMILES string of the molecule is COCC1CC2C(CCC3(C)C2CCC3(O)O)C2(C)C=CC(O)C=C12. The molecule has 4 heteroatoms. The summed E-state index contributed by atoms with van der Waals surface area (Å²) in [5.41, 5.74) is 0.871. The van der Waals surface area contributed by atoms with Crippen molar-refractivity contribution < 1.29 is 20.1 Å². The Balaban J connectivity index is 1.74. The van der Waals surface area contributed by atoms with Crippen LogP contribution in [0.3, 0.4) is 0 Å². The molecule has 0 radical (unpaired) electrons. The summed E-state index contributed by atoms with van der Waals surface area (Å²) in [7, 11) is 1.74. The average Bonchev–Trinajstić information content (AvgIpc) is 2.79. The van der Waals surface area contributed by atoms with Crippen LogP contribution in [0, 0.1) is 34.5 Å². The van der Waals surface area contributed by atoms with Crippen LogP contribution in [0.25, 0.3) is 0 Å². The fourth-order valence-corrected chi connectivity index (χ4v) is 6.89. The van der Waals surface area contributed by atoms with Gasteiger partial charge in [-0.2, -0.15) is 0 Å². The number of rotatable bonds is 2. The third-order valence-electron chi connectivity index (χ3n) is 8.29. The smallest absolute Gasteiger partial charge is 0.168 e. The van der Waals surface area contributed by atoms with Gasteiger partial charge in [0.15, 0.2) is 5.79 Å². The topological polar surface area (TPSA) is 69.9 Å². The normalized spacial score (nSPS) is 50.6. The van der Waals surface area contributed by atoms with Crippen LogP contribution in [-0.2, 0) is 4.74 Å². The summed E-state index contributed by atoms with van der Waals surface area (Å²) in [5, 5.41) is 31.4. The highest BCUT2D eigenvalue weighted by atomic mass is 16.5. The first-order valence-electron chi connectivity index (χ1n) is 9.76. The van der Waals surface area contributed by atoms with Gasteiger partial charge in [0.1, 0.15) is 0 Å². The Morgan fingerprint density at radius 1 is 1.16 bits per heavy atom. The highest BCUT2D eigenvalue weighted by Crippen LogP contribution is 2.67. The number of hydrogen-bond acceptors (Lipinski definition) is 4. The number of aliphatic hydroxyl groups is 3. The van der Waals surface area contributed by atoms with Gasteiger partial charge >= 0.3 is 0 Å². The number of fused-ring (bicyclic) bond motifs is 5. The molecule has 0 amide bonds. The van der Waals surface area contributed by atoms with Gasteiger partial charge in [0.05, 0.1) is 12.7 Å². The molecule has 3 fully saturated rings. The van der Waals surface area contributed by atoms with E-state index in [1.165, 1.54) is 5.57 Å². The van der Waals surface area contributed by atoms with Crippen molar-refractivity contribution in [2.24, 2.45) is 34.5 Å². The zero-order valence-corrected chi connectivity index (χ0v) is 15.6. The quantitative estimate of drug-likeness (QED) is 0.530. The number of aliphatic hydroxyl groups excluding tert-OH is 1. The van der Waals surface area contributed by atoms with Gasteiger partial charge in [-0.25, -0.2) is 0 Å². The van der Waals surface area contributed by atoms with Crippen LogP contribution in [0.2, 0.25) is 0 Å². The van der Waals surface area contributed by atoms with Gasteiger partial charge in [-0.15, -0.1) is 0 Å². The fourth-order valence-electron chi connectivity index (χ4n) is 6.89. The van der Waals surface area contributed by atoms with Gasteiger partial charge in [-0.05, 0) is 43.4 Å². The van der Waals surface area contributed by atoms with Gasteiger partial charge in [0.25, 0.3) is 0 Å². The molecular formula is C21H32O4. The molecule has 4 aliphatic rings. The summed E-state index contributed by atoms with van der Waals surface area (Å²) in [6, 6.07) is 0. The van der Waals surface area contributed by atoms with Crippen LogP contribution in [0.15, 0.2) is 23.8 Å². The molecule has 0 aromatic rings. The molecule has 0 aliphatic heterocycles. The van der Waals surface area contributed by atoms with E-state index < -0.39 is 17.3 Å². The second-order valence-corrected chi connectivity index (χ2v) is 9.33. The predicted molar refractivity (Wildman–Crippen MR) is 95.5 cm³/mol. The number of hydrogen-bond donors (Lipinski definition) is 3. The van der Waals surface area contributed by atoms with Gasteiger partial charge in [0, 0.05) is 30.3 Å². The summed E-state index contributed by atoms with van der Waals surface area (Å²) in [6.45, 7) is 5.06. The maximum absolute atomic E-state index is 10.6. The molecule has 0 bridgehead atoms. The standard InChI is InChI=1S/C21H32O4/c1-19-7-4-14(22)11-18(19)13(12-25-3)10-15-16(19)5-8-20(2)17(15)6-9-21(20,23)24/h4,7,11,13-17,22-24H,5-6,8-10,12H2,1-3H3. The van der Waals surface area contributed by atoms with Crippen molar-refractivity contribution in [2.45, 2.75) is 57.8 Å². The Morgan fingerprint density at radius 2 is 1.88 bits per heavy atom. The lowest BCUT2D eigenvalue weighted by atomic mass is 9.46. The molecule has 140 valence electrons. The lowest BCUT2D eigenvalue weighted by Crippen LogP contribution is -2.56. The Bertz CT molecular complexity index is 609. The van der Waals surface area contributed by atoms with Gasteiger partial charge in [-0.3, -0.25) is 0 Å². The molecular weight excluding hydrogens is 316 g/mol. The Morgan fingerprint density at radius 3 is 2.60 bits per heavy atom. The summed E-state index contributed by atoms with van der Waals surface area (Å²) in [6.07, 6.45) is 9.94. The van der Waals surface area contributed by atoms with E-state index in [0.29, 0.717) is 36.7 Å². The van der Waals surface area contributed by atoms with Crippen LogP contribution in [0.1, 0.15) is 46.0 Å². The Labute approximate surface area is 150 Å². The summed E-state index contributed by atoms with van der Waals surface area (Å²) in [4.78, 5) is 0. The second-order valence-electron chi connectivity index (χ2n) is 9.33. The molecule has 0 aromatic heterocycles. The zero-order valence-electron chi connectivity index (χ0n) is 15.6. The monoisotopic (exact) mass is 348 g/mol. The van der Waals surface area contributed by atoms with E-state index in [4.69, 9.17) is 4.74 Å². The molecule has 0 aromatic carbocycles. The Hall–Kier alpha value is -0.680. The molecule has 0 heterocycles. The molecule has 3 saturated carbocycles. The second kappa shape index (κ2) is 5.66. The summed E-state index contributed by atoms with van der Waals surface area (Å²) >= 11 is 0. The molecule has 7 unspecified atom stereocenters. The summed E-state index contributed by atoms with van der Waals surface area (Å²) in [5.74, 6) is 0.0872. The van der Waals surface area contributed by atoms with Crippen LogP contribution in [0.5, 0.6) is 0 Å². The molecule has 0 spiro atoms. The van der Waals surface area contributed by atoms with Crippen molar-refractivity contribution in [1.29, 1.82) is 0 Å². The number of allylic oxidation sites excluding steroid dienone is 1. The molecule has 4 aliphatic carbocycles. The first kappa shape index (κ1) is 17.7. The van der Waals surface area contributed by atoms with Crippen LogP contribution < -0.4 is 0 Å². The molecule has 0 saturated heterocycles. The van der Waals surface area contributed by atoms with E-state index in [9.17, 15) is 15.3 Å². The molecule has 25 heavy (non-hydrogen) atoms. The van der Waals surface area contributed by atoms with Gasteiger partial charge in [0.2, 0.25) is 0 Å². The fraction of sp³-hybridized carbons (Fsp3) is 0.810. The van der Waals surface area contributed by atoms with Crippen molar-refractivity contribution in [3.8, 4) is 0 Å². The van der Waals surface area contributed by atoms with Crippen LogP contribution >= 0.6 is 0 Å². The highest BCUT2D eigenvalue weighted by molar-refractivity contribution is 5.35. The van der Waals surface area contributed by atoms with Crippen molar-refractivity contribution >= 4 is 0 Å². The third kappa shape index (κ3) is 2.34. The Kier molecular flexibility index (Phi) is 4.01. The maximum Gasteiger partial charge on any atom is 0.168 e. The number of ether oxygens (including phenoxy) is 1. The molecule has 4 nitrogen and oxygen atoms in total. The minimum Gasteiger partial charge on any atom is -0.385 e. The van der Waals surface area contributed by atoms with E-state index >= 15 is 0 Å². The van der Waals surface area contributed by atoms with Crippen molar-refractivity contribution in [3.05, 3.63) is 23.8 Å². The lowest BCUT2D eigenvalue weighted by molar-refractivity contribution is -0.247. The highest BCUT2D eigenvalue weighted by Gasteiger charge is 2.64. The molecule has 4 rings (SSSR count). The minimum absolute atomic E-state index is 0.0527. The first-order valence-corrected chi connectivity index (χ1v) is 9.76. The largest absolute Gasteiger partial charge is 0.385 e. The van der Waals surface area contributed by atoms with Crippen molar-refractivity contribution in [1.82, 2.24) is 0 Å². The van der Waals surface area contributed by atoms with E-state index in [-0.39, 0.29) is 5.41 Å².